The quantitative estimate of drug-likeness (QED) is 0.646. The fourth-order valence-corrected chi connectivity index (χ4v) is 5.23. The van der Waals surface area contributed by atoms with E-state index in [0.29, 0.717) is 24.3 Å². The summed E-state index contributed by atoms with van der Waals surface area (Å²) in [4.78, 5) is 28.3. The summed E-state index contributed by atoms with van der Waals surface area (Å²) in [7, 11) is 0. The van der Waals surface area contributed by atoms with E-state index in [-0.39, 0.29) is 35.3 Å². The number of amides is 1. The molecule has 2 N–H and O–H groups in total. The van der Waals surface area contributed by atoms with Crippen LogP contribution >= 0.6 is 0 Å². The molecular formula is C27H36N2O4. The molecule has 2 atom stereocenters. The van der Waals surface area contributed by atoms with Crippen LogP contribution in [-0.4, -0.2) is 52.7 Å². The van der Waals surface area contributed by atoms with Crippen LogP contribution in [0, 0.1) is 5.92 Å². The number of likely N-dealkylation sites (tertiary alicyclic amines) is 1. The molecule has 2 aromatic rings. The maximum Gasteiger partial charge on any atom is 0.323 e. The van der Waals surface area contributed by atoms with E-state index >= 15 is 0 Å². The monoisotopic (exact) mass is 452 g/mol. The minimum atomic E-state index is -0.550. The Labute approximate surface area is 196 Å². The molecule has 1 saturated carbocycles. The third-order valence-electron chi connectivity index (χ3n) is 6.78. The number of esters is 1. The number of carbonyl (C=O) groups excluding carboxylic acids is 2. The molecule has 1 aliphatic heterocycles. The van der Waals surface area contributed by atoms with Crippen LogP contribution in [0.1, 0.15) is 69.7 Å². The molecule has 0 radical (unpaired) electrons. The second kappa shape index (κ2) is 9.72. The van der Waals surface area contributed by atoms with Crippen molar-refractivity contribution in [2.45, 2.75) is 77.0 Å². The molecule has 2 aromatic carbocycles. The molecular weight excluding hydrogens is 416 g/mol. The Morgan fingerprint density at radius 2 is 1.82 bits per heavy atom. The van der Waals surface area contributed by atoms with Gasteiger partial charge in [-0.25, -0.2) is 0 Å². The minimum Gasteiger partial charge on any atom is -0.506 e. The van der Waals surface area contributed by atoms with Crippen LogP contribution in [0.25, 0.3) is 10.8 Å². The number of carbonyl (C=O) groups is 2. The Morgan fingerprint density at radius 3 is 2.55 bits per heavy atom. The molecule has 1 amide bonds. The minimum absolute atomic E-state index is 0.00801. The van der Waals surface area contributed by atoms with Crippen molar-refractivity contribution in [2.24, 2.45) is 5.92 Å². The van der Waals surface area contributed by atoms with Gasteiger partial charge in [0.05, 0.1) is 5.56 Å². The number of benzene rings is 2. The van der Waals surface area contributed by atoms with Gasteiger partial charge < -0.3 is 15.2 Å². The highest BCUT2D eigenvalue weighted by Gasteiger charge is 2.40. The van der Waals surface area contributed by atoms with Gasteiger partial charge in [0.15, 0.2) is 0 Å². The van der Waals surface area contributed by atoms with Crippen LogP contribution in [0.4, 0.5) is 0 Å². The van der Waals surface area contributed by atoms with Gasteiger partial charge in [-0.2, -0.15) is 0 Å². The first-order valence-corrected chi connectivity index (χ1v) is 12.2. The Kier molecular flexibility index (Phi) is 6.94. The number of hydrogen-bond acceptors (Lipinski definition) is 5. The fraction of sp³-hybridized carbons (Fsp3) is 0.556. The van der Waals surface area contributed by atoms with E-state index in [1.54, 1.807) is 6.07 Å². The third kappa shape index (κ3) is 5.67. The van der Waals surface area contributed by atoms with Crippen molar-refractivity contribution in [2.75, 3.05) is 13.1 Å². The fourth-order valence-electron chi connectivity index (χ4n) is 5.23. The highest BCUT2D eigenvalue weighted by atomic mass is 16.6. The smallest absolute Gasteiger partial charge is 0.323 e. The first kappa shape index (κ1) is 23.6. The summed E-state index contributed by atoms with van der Waals surface area (Å²) in [6, 6.07) is 10.4. The lowest BCUT2D eigenvalue weighted by atomic mass is 9.89. The van der Waals surface area contributed by atoms with Crippen LogP contribution in [0.3, 0.4) is 0 Å². The Hall–Kier alpha value is -2.60. The lowest BCUT2D eigenvalue weighted by Gasteiger charge is -2.31. The molecule has 0 aromatic heterocycles. The van der Waals surface area contributed by atoms with Gasteiger partial charge in [0.2, 0.25) is 0 Å². The van der Waals surface area contributed by atoms with Crippen LogP contribution in [0.2, 0.25) is 0 Å². The van der Waals surface area contributed by atoms with Crippen molar-refractivity contribution < 1.29 is 19.4 Å². The van der Waals surface area contributed by atoms with Crippen LogP contribution < -0.4 is 5.32 Å². The zero-order valence-electron chi connectivity index (χ0n) is 20.0. The zero-order valence-corrected chi connectivity index (χ0v) is 20.0. The van der Waals surface area contributed by atoms with Gasteiger partial charge in [-0.15, -0.1) is 0 Å². The molecule has 1 heterocycles. The maximum atomic E-state index is 13.1. The Balaban J connectivity index is 1.48. The molecule has 1 unspecified atom stereocenters. The predicted molar refractivity (Wildman–Crippen MR) is 129 cm³/mol. The van der Waals surface area contributed by atoms with Gasteiger partial charge in [0.1, 0.15) is 17.4 Å². The number of phenols is 1. The van der Waals surface area contributed by atoms with Crippen molar-refractivity contribution in [1.29, 1.82) is 0 Å². The number of phenolic OH excluding ortho intramolecular Hbond substituents is 1. The van der Waals surface area contributed by atoms with Crippen LogP contribution in [0.15, 0.2) is 36.4 Å². The Bertz CT molecular complexity index is 1010. The number of aromatic hydroxyl groups is 1. The van der Waals surface area contributed by atoms with Crippen molar-refractivity contribution in [3.63, 3.8) is 0 Å². The van der Waals surface area contributed by atoms with Gasteiger partial charge in [0, 0.05) is 24.5 Å². The number of fused-ring (bicyclic) bond motifs is 1. The standard InChI is InChI=1S/C27H36N2O4/c1-27(2,3)33-26(32)23-15-20(17-29(23)16-18-9-5-4-6-10-18)28-25(31)22-14-13-19-11-7-8-12-21(19)24(22)30/h7-8,11-14,18,20,23,30H,4-6,9-10,15-17H2,1-3H3,(H,28,31)/t20-,23?/m0/s1. The van der Waals surface area contributed by atoms with E-state index < -0.39 is 5.60 Å². The van der Waals surface area contributed by atoms with Gasteiger partial charge >= 0.3 is 5.97 Å². The average molecular weight is 453 g/mol. The topological polar surface area (TPSA) is 78.9 Å². The lowest BCUT2D eigenvalue weighted by Crippen LogP contribution is -2.43. The highest BCUT2D eigenvalue weighted by molar-refractivity contribution is 6.03. The van der Waals surface area contributed by atoms with Gasteiger partial charge in [-0.1, -0.05) is 49.6 Å². The molecule has 2 fully saturated rings. The summed E-state index contributed by atoms with van der Waals surface area (Å²) in [5.74, 6) is 0.0448. The van der Waals surface area contributed by atoms with Crippen molar-refractivity contribution >= 4 is 22.6 Å². The number of rotatable bonds is 5. The van der Waals surface area contributed by atoms with Crippen LogP contribution in [-0.2, 0) is 9.53 Å². The SMILES string of the molecule is CC(C)(C)OC(=O)C1C[C@H](NC(=O)c2ccc3ccccc3c2O)CN1CC1CCCCC1. The molecule has 33 heavy (non-hydrogen) atoms. The van der Waals surface area contributed by atoms with Crippen LogP contribution in [0.5, 0.6) is 5.75 Å². The average Bonchev–Trinajstić information content (AvgIpc) is 3.16. The molecule has 178 valence electrons. The number of nitrogens with one attached hydrogen (secondary N) is 1. The van der Waals surface area contributed by atoms with Crippen molar-refractivity contribution in [1.82, 2.24) is 10.2 Å². The van der Waals surface area contributed by atoms with Gasteiger partial charge in [-0.05, 0) is 57.4 Å². The first-order chi connectivity index (χ1) is 15.7. The van der Waals surface area contributed by atoms with E-state index in [2.05, 4.69) is 10.2 Å². The summed E-state index contributed by atoms with van der Waals surface area (Å²) in [5, 5.41) is 15.3. The maximum absolute atomic E-state index is 13.1. The second-order valence-corrected chi connectivity index (χ2v) is 10.6. The highest BCUT2D eigenvalue weighted by Crippen LogP contribution is 2.31. The first-order valence-electron chi connectivity index (χ1n) is 12.2. The molecule has 6 heteroatoms. The van der Waals surface area contributed by atoms with Crippen molar-refractivity contribution in [3.05, 3.63) is 42.0 Å². The number of hydrogen-bond donors (Lipinski definition) is 2. The van der Waals surface area contributed by atoms with Gasteiger partial charge in [0.25, 0.3) is 5.91 Å². The van der Waals surface area contributed by atoms with Gasteiger partial charge in [-0.3, -0.25) is 14.5 Å². The molecule has 0 spiro atoms. The molecule has 0 bridgehead atoms. The normalized spacial score (nSPS) is 22.4. The van der Waals surface area contributed by atoms with E-state index in [9.17, 15) is 14.7 Å². The molecule has 2 aliphatic rings. The summed E-state index contributed by atoms with van der Waals surface area (Å²) in [5.41, 5.74) is -0.292. The molecule has 4 rings (SSSR count). The van der Waals surface area contributed by atoms with E-state index in [1.807, 2.05) is 51.1 Å². The molecule has 6 nitrogen and oxygen atoms in total. The number of ether oxygens (including phenoxy) is 1. The van der Waals surface area contributed by atoms with Crippen molar-refractivity contribution in [3.8, 4) is 5.75 Å². The Morgan fingerprint density at radius 1 is 1.09 bits per heavy atom. The predicted octanol–water partition coefficient (Wildman–Crippen LogP) is 4.64. The van der Waals surface area contributed by atoms with E-state index in [0.717, 1.165) is 11.9 Å². The third-order valence-corrected chi connectivity index (χ3v) is 6.78. The summed E-state index contributed by atoms with van der Waals surface area (Å²) in [6.07, 6.45) is 6.69. The lowest BCUT2D eigenvalue weighted by molar-refractivity contribution is -0.160. The van der Waals surface area contributed by atoms with E-state index in [1.165, 1.54) is 32.1 Å². The number of nitrogens with zero attached hydrogens (tertiary/aromatic N) is 1. The summed E-state index contributed by atoms with van der Waals surface area (Å²) < 4.78 is 5.71. The molecule has 1 saturated heterocycles. The summed E-state index contributed by atoms with van der Waals surface area (Å²) in [6.45, 7) is 7.12. The largest absolute Gasteiger partial charge is 0.506 e. The summed E-state index contributed by atoms with van der Waals surface area (Å²) >= 11 is 0. The zero-order chi connectivity index (χ0) is 23.6. The van der Waals surface area contributed by atoms with E-state index in [4.69, 9.17) is 4.74 Å². The second-order valence-electron chi connectivity index (χ2n) is 10.6. The molecule has 1 aliphatic carbocycles.